The molecule has 1 aromatic carbocycles. The van der Waals surface area contributed by atoms with Gasteiger partial charge in [-0.05, 0) is 48.4 Å². The molecule has 2 aliphatic rings. The zero-order valence-corrected chi connectivity index (χ0v) is 22.5. The molecule has 4 unspecified atom stereocenters. The Morgan fingerprint density at radius 2 is 1.65 bits per heavy atom. The average Bonchev–Trinajstić information content (AvgIpc) is 3.36. The van der Waals surface area contributed by atoms with E-state index in [1.54, 1.807) is 24.3 Å². The van der Waals surface area contributed by atoms with Crippen molar-refractivity contribution < 1.29 is 24.0 Å². The number of carbonyl (C=O) groups is 5. The van der Waals surface area contributed by atoms with Crippen LogP contribution in [0.3, 0.4) is 0 Å². The van der Waals surface area contributed by atoms with E-state index in [0.29, 0.717) is 30.6 Å². The number of nitrogens with two attached hydrogens (primary N) is 1. The Hall–Kier alpha value is -3.43. The van der Waals surface area contributed by atoms with E-state index in [-0.39, 0.29) is 36.0 Å². The van der Waals surface area contributed by atoms with Gasteiger partial charge in [0.15, 0.2) is 5.78 Å². The second-order valence-corrected chi connectivity index (χ2v) is 11.5. The minimum atomic E-state index is -0.817. The molecule has 0 aliphatic carbocycles. The van der Waals surface area contributed by atoms with Crippen LogP contribution in [-0.2, 0) is 19.2 Å². The molecule has 1 aromatic rings. The molecule has 2 heterocycles. The van der Waals surface area contributed by atoms with Crippen molar-refractivity contribution in [1.82, 2.24) is 20.4 Å². The Balaban J connectivity index is 1.80. The normalized spacial score (nSPS) is 21.0. The Kier molecular flexibility index (Phi) is 8.29. The number of carbonyl (C=O) groups excluding carboxylic acids is 5. The maximum absolute atomic E-state index is 13.7. The number of benzene rings is 1. The summed E-state index contributed by atoms with van der Waals surface area (Å²) in [6, 6.07) is 3.59. The maximum Gasteiger partial charge on any atom is 0.251 e. The summed E-state index contributed by atoms with van der Waals surface area (Å²) in [5.41, 5.74) is 6.06. The first kappa shape index (κ1) is 28.1. The van der Waals surface area contributed by atoms with Crippen molar-refractivity contribution >= 4 is 35.1 Å². The molecule has 4 atom stereocenters. The molecule has 2 saturated heterocycles. The standard InChI is InChI=1S/C27H39N5O5/c1-15(2)13-19(30-24(35)17-7-9-18(28)10-8-17)25(36)31-12-11-20-22(31)21(34)14-32(20)26(37)23(27(4,5)6)29-16(3)33/h7-10,15,19-20,22-23H,11-14,28H2,1-6H3,(H,29,33)(H,30,35). The van der Waals surface area contributed by atoms with Crippen molar-refractivity contribution in [2.24, 2.45) is 11.3 Å². The third-order valence-corrected chi connectivity index (χ3v) is 6.93. The summed E-state index contributed by atoms with van der Waals surface area (Å²) in [7, 11) is 0. The van der Waals surface area contributed by atoms with E-state index in [2.05, 4.69) is 10.6 Å². The average molecular weight is 514 g/mol. The first-order valence-electron chi connectivity index (χ1n) is 12.8. The first-order valence-corrected chi connectivity index (χ1v) is 12.8. The Morgan fingerprint density at radius 3 is 2.19 bits per heavy atom. The first-order chi connectivity index (χ1) is 17.2. The number of rotatable bonds is 7. The van der Waals surface area contributed by atoms with Crippen LogP contribution in [0.4, 0.5) is 5.69 Å². The highest BCUT2D eigenvalue weighted by Crippen LogP contribution is 2.33. The van der Waals surface area contributed by atoms with Gasteiger partial charge in [0.1, 0.15) is 18.1 Å². The quantitative estimate of drug-likeness (QED) is 0.470. The zero-order chi connectivity index (χ0) is 27.7. The van der Waals surface area contributed by atoms with E-state index in [4.69, 9.17) is 5.73 Å². The van der Waals surface area contributed by atoms with Gasteiger partial charge in [-0.3, -0.25) is 24.0 Å². The molecule has 10 heteroatoms. The SMILES string of the molecule is CC(=O)NC(C(=O)N1CC(=O)C2C1CCN2C(=O)C(CC(C)C)NC(=O)c1ccc(N)cc1)C(C)(C)C. The molecule has 3 rings (SSSR count). The number of nitrogens with one attached hydrogen (secondary N) is 2. The number of Topliss-reactive ketones (excluding diaryl/α,β-unsaturated/α-hetero) is 1. The van der Waals surface area contributed by atoms with E-state index in [0.717, 1.165) is 0 Å². The van der Waals surface area contributed by atoms with Gasteiger partial charge in [0.2, 0.25) is 17.7 Å². The summed E-state index contributed by atoms with van der Waals surface area (Å²) in [5, 5.41) is 5.57. The van der Waals surface area contributed by atoms with Gasteiger partial charge in [0, 0.05) is 24.7 Å². The smallest absolute Gasteiger partial charge is 0.251 e. The van der Waals surface area contributed by atoms with Gasteiger partial charge in [0.25, 0.3) is 5.91 Å². The number of nitrogens with zero attached hydrogens (tertiary/aromatic N) is 2. The summed E-state index contributed by atoms with van der Waals surface area (Å²) in [6.45, 7) is 11.0. The lowest BCUT2D eigenvalue weighted by Crippen LogP contribution is -2.56. The number of hydrogen-bond acceptors (Lipinski definition) is 6. The predicted molar refractivity (Wildman–Crippen MR) is 139 cm³/mol. The molecule has 0 bridgehead atoms. The van der Waals surface area contributed by atoms with Gasteiger partial charge in [0.05, 0.1) is 12.6 Å². The van der Waals surface area contributed by atoms with E-state index < -0.39 is 35.5 Å². The number of fused-ring (bicyclic) bond motifs is 1. The van der Waals surface area contributed by atoms with Crippen LogP contribution in [0.5, 0.6) is 0 Å². The minimum Gasteiger partial charge on any atom is -0.399 e. The minimum absolute atomic E-state index is 0.113. The molecule has 4 amide bonds. The van der Waals surface area contributed by atoms with Gasteiger partial charge < -0.3 is 26.2 Å². The molecule has 37 heavy (non-hydrogen) atoms. The van der Waals surface area contributed by atoms with Crippen molar-refractivity contribution in [3.8, 4) is 0 Å². The van der Waals surface area contributed by atoms with Crippen molar-refractivity contribution in [3.05, 3.63) is 29.8 Å². The summed E-state index contributed by atoms with van der Waals surface area (Å²) < 4.78 is 0. The second kappa shape index (κ2) is 10.9. The van der Waals surface area contributed by atoms with Gasteiger partial charge in [-0.25, -0.2) is 0 Å². The second-order valence-electron chi connectivity index (χ2n) is 11.5. The van der Waals surface area contributed by atoms with Gasteiger partial charge in [-0.1, -0.05) is 34.6 Å². The van der Waals surface area contributed by atoms with Crippen molar-refractivity contribution in [2.45, 2.75) is 78.6 Å². The van der Waals surface area contributed by atoms with Gasteiger partial charge >= 0.3 is 0 Å². The largest absolute Gasteiger partial charge is 0.399 e. The van der Waals surface area contributed by atoms with Gasteiger partial charge in [-0.15, -0.1) is 0 Å². The molecule has 10 nitrogen and oxygen atoms in total. The fraction of sp³-hybridized carbons (Fsp3) is 0.593. The highest BCUT2D eigenvalue weighted by molar-refractivity contribution is 6.01. The van der Waals surface area contributed by atoms with Crippen LogP contribution in [-0.4, -0.2) is 76.5 Å². The van der Waals surface area contributed by atoms with Crippen LogP contribution >= 0.6 is 0 Å². The monoisotopic (exact) mass is 513 g/mol. The van der Waals surface area contributed by atoms with Crippen molar-refractivity contribution in [2.75, 3.05) is 18.8 Å². The van der Waals surface area contributed by atoms with Gasteiger partial charge in [-0.2, -0.15) is 0 Å². The molecule has 4 N–H and O–H groups in total. The number of ketones is 1. The lowest BCUT2D eigenvalue weighted by molar-refractivity contribution is -0.140. The topological polar surface area (TPSA) is 142 Å². The van der Waals surface area contributed by atoms with Crippen molar-refractivity contribution in [1.29, 1.82) is 0 Å². The van der Waals surface area contributed by atoms with Crippen molar-refractivity contribution in [3.63, 3.8) is 0 Å². The maximum atomic E-state index is 13.7. The number of amides is 4. The van der Waals surface area contributed by atoms with Crippen LogP contribution in [0.2, 0.25) is 0 Å². The van der Waals surface area contributed by atoms with E-state index in [1.165, 1.54) is 16.7 Å². The highest BCUT2D eigenvalue weighted by Gasteiger charge is 2.53. The van der Waals surface area contributed by atoms with E-state index in [1.807, 2.05) is 34.6 Å². The third kappa shape index (κ3) is 6.29. The molecule has 0 radical (unpaired) electrons. The molecule has 0 saturated carbocycles. The third-order valence-electron chi connectivity index (χ3n) is 6.93. The number of likely N-dealkylation sites (tertiary alicyclic amines) is 2. The predicted octanol–water partition coefficient (Wildman–Crippen LogP) is 1.34. The van der Waals surface area contributed by atoms with Crippen LogP contribution < -0.4 is 16.4 Å². The number of nitrogen functional groups attached to an aromatic ring is 1. The molecule has 0 spiro atoms. The summed E-state index contributed by atoms with van der Waals surface area (Å²) in [6.07, 6.45) is 0.851. The fourth-order valence-electron chi connectivity index (χ4n) is 5.14. The number of anilines is 1. The lowest BCUT2D eigenvalue weighted by atomic mass is 9.85. The Labute approximate surface area is 218 Å². The highest BCUT2D eigenvalue weighted by atomic mass is 16.2. The Bertz CT molecular complexity index is 1060. The Morgan fingerprint density at radius 1 is 1.03 bits per heavy atom. The molecule has 202 valence electrons. The summed E-state index contributed by atoms with van der Waals surface area (Å²) >= 11 is 0. The summed E-state index contributed by atoms with van der Waals surface area (Å²) in [5.74, 6) is -1.48. The van der Waals surface area contributed by atoms with Crippen LogP contribution in [0, 0.1) is 11.3 Å². The van der Waals surface area contributed by atoms with E-state index in [9.17, 15) is 24.0 Å². The molecular weight excluding hydrogens is 474 g/mol. The van der Waals surface area contributed by atoms with Crippen LogP contribution in [0.1, 0.15) is 64.7 Å². The van der Waals surface area contributed by atoms with E-state index >= 15 is 0 Å². The fourth-order valence-corrected chi connectivity index (χ4v) is 5.14. The molecule has 2 fully saturated rings. The lowest BCUT2D eigenvalue weighted by Gasteiger charge is -2.35. The molecular formula is C27H39N5O5. The van der Waals surface area contributed by atoms with Crippen LogP contribution in [0.15, 0.2) is 24.3 Å². The molecule has 2 aliphatic heterocycles. The van der Waals surface area contributed by atoms with Crippen LogP contribution in [0.25, 0.3) is 0 Å². The zero-order valence-electron chi connectivity index (χ0n) is 22.5. The summed E-state index contributed by atoms with van der Waals surface area (Å²) in [4.78, 5) is 68.0. The molecule has 0 aromatic heterocycles. The number of hydrogen-bond donors (Lipinski definition) is 3.